The van der Waals surface area contributed by atoms with Crippen molar-refractivity contribution in [1.29, 1.82) is 0 Å². The Morgan fingerprint density at radius 3 is 2.85 bits per heavy atom. The molecule has 0 spiro atoms. The maximum absolute atomic E-state index is 14.8. The number of H-pyrrole nitrogens is 2. The van der Waals surface area contributed by atoms with Crippen LogP contribution >= 0.6 is 0 Å². The van der Waals surface area contributed by atoms with Crippen LogP contribution in [0.25, 0.3) is 50.2 Å². The Morgan fingerprint density at radius 1 is 1.15 bits per heavy atom. The van der Waals surface area contributed by atoms with Crippen LogP contribution in [0, 0.1) is 5.82 Å². The van der Waals surface area contributed by atoms with E-state index in [-0.39, 0.29) is 5.82 Å². The fourth-order valence-corrected chi connectivity index (χ4v) is 5.47. The van der Waals surface area contributed by atoms with Gasteiger partial charge in [-0.1, -0.05) is 30.9 Å². The van der Waals surface area contributed by atoms with Gasteiger partial charge in [0.25, 0.3) is 0 Å². The van der Waals surface area contributed by atoms with Gasteiger partial charge in [0.2, 0.25) is 0 Å². The number of imidazole rings is 1. The van der Waals surface area contributed by atoms with E-state index >= 15 is 0 Å². The van der Waals surface area contributed by atoms with Crippen LogP contribution in [0.1, 0.15) is 37.4 Å². The summed E-state index contributed by atoms with van der Waals surface area (Å²) >= 11 is 0. The lowest BCUT2D eigenvalue weighted by molar-refractivity contribution is 0.334. The largest absolute Gasteiger partial charge is 0.337 e. The van der Waals surface area contributed by atoms with Gasteiger partial charge in [-0.15, -0.1) is 0 Å². The molecule has 0 radical (unpaired) electrons. The molecule has 8 heteroatoms. The van der Waals surface area contributed by atoms with Gasteiger partial charge in [0, 0.05) is 28.9 Å². The highest BCUT2D eigenvalue weighted by Crippen LogP contribution is 2.33. The molecule has 7 nitrogen and oxygen atoms in total. The normalized spacial score (nSPS) is 14.7. The fourth-order valence-electron chi connectivity index (χ4n) is 5.47. The number of fused-ring (bicyclic) bond motifs is 2. The maximum Gasteiger partial charge on any atom is 0.159 e. The van der Waals surface area contributed by atoms with Crippen LogP contribution in [0.3, 0.4) is 0 Å². The highest BCUT2D eigenvalue weighted by atomic mass is 19.1. The molecular formula is C32H32FN7. The zero-order valence-electron chi connectivity index (χ0n) is 22.6. The van der Waals surface area contributed by atoms with Crippen molar-refractivity contribution in [3.05, 3.63) is 84.6 Å². The Morgan fingerprint density at radius 2 is 2.02 bits per heavy atom. The SMILES string of the molecule is C=C/C(=C\N=CC)c1cc2c(-c3nc4c(-c5cc(F)cc(CCCN6CCCC6)c5)cccc4[nH]3)n[nH]c2cn1. The third-order valence-corrected chi connectivity index (χ3v) is 7.47. The molecule has 1 saturated heterocycles. The van der Waals surface area contributed by atoms with Crippen molar-refractivity contribution in [2.75, 3.05) is 19.6 Å². The van der Waals surface area contributed by atoms with Crippen molar-refractivity contribution in [3.63, 3.8) is 0 Å². The van der Waals surface area contributed by atoms with Crippen LogP contribution < -0.4 is 0 Å². The number of nitrogens with one attached hydrogen (secondary N) is 2. The second-order valence-electron chi connectivity index (χ2n) is 10.2. The Bertz CT molecular complexity index is 1740. The van der Waals surface area contributed by atoms with Crippen molar-refractivity contribution in [2.24, 2.45) is 4.99 Å². The predicted octanol–water partition coefficient (Wildman–Crippen LogP) is 6.95. The van der Waals surface area contributed by atoms with Gasteiger partial charge in [-0.05, 0) is 87.6 Å². The molecule has 40 heavy (non-hydrogen) atoms. The minimum absolute atomic E-state index is 0.224. The first-order chi connectivity index (χ1) is 19.6. The molecule has 3 aromatic heterocycles. The summed E-state index contributed by atoms with van der Waals surface area (Å²) in [6.07, 6.45) is 11.4. The van der Waals surface area contributed by atoms with Gasteiger partial charge in [-0.2, -0.15) is 5.10 Å². The van der Waals surface area contributed by atoms with Gasteiger partial charge in [0.05, 0.1) is 28.4 Å². The number of nitrogens with zero attached hydrogens (tertiary/aromatic N) is 5. The summed E-state index contributed by atoms with van der Waals surface area (Å²) in [5, 5.41) is 8.49. The first kappa shape index (κ1) is 25.8. The smallest absolute Gasteiger partial charge is 0.159 e. The summed E-state index contributed by atoms with van der Waals surface area (Å²) in [5.41, 5.74) is 7.40. The lowest BCUT2D eigenvalue weighted by Crippen LogP contribution is -2.20. The van der Waals surface area contributed by atoms with E-state index in [0.29, 0.717) is 11.5 Å². The standard InChI is InChI=1S/C32H32FN7/c1-3-22(19-34-4-2)28-18-26-29(20-35-28)38-39-31(26)32-36-27-11-7-10-25(30(27)37-32)23-15-21(16-24(33)17-23)9-8-14-40-12-5-6-13-40/h3-4,7,10-11,15-20H,1,5-6,8-9,12-14H2,2H3,(H,36,37)(H,38,39)/b22-19+,34-4?. The van der Waals surface area contributed by atoms with Crippen LogP contribution in [0.5, 0.6) is 0 Å². The first-order valence-corrected chi connectivity index (χ1v) is 13.8. The first-order valence-electron chi connectivity index (χ1n) is 13.8. The number of hydrogen-bond acceptors (Lipinski definition) is 5. The van der Waals surface area contributed by atoms with E-state index in [2.05, 4.69) is 42.7 Å². The van der Waals surface area contributed by atoms with E-state index < -0.39 is 0 Å². The van der Waals surface area contributed by atoms with Crippen LogP contribution in [-0.4, -0.2) is 55.9 Å². The van der Waals surface area contributed by atoms with Crippen LogP contribution in [0.4, 0.5) is 4.39 Å². The van der Waals surface area contributed by atoms with Gasteiger partial charge in [-0.25, -0.2) is 9.37 Å². The molecule has 2 aromatic carbocycles. The number of benzene rings is 2. The third kappa shape index (κ3) is 5.22. The number of allylic oxidation sites excluding steroid dienone is 2. The van der Waals surface area contributed by atoms with E-state index in [1.165, 1.54) is 25.9 Å². The second kappa shape index (κ2) is 11.4. The van der Waals surface area contributed by atoms with Crippen molar-refractivity contribution in [1.82, 2.24) is 30.0 Å². The van der Waals surface area contributed by atoms with Gasteiger partial charge in [0.15, 0.2) is 5.82 Å². The number of aromatic nitrogens is 5. The van der Waals surface area contributed by atoms with Gasteiger partial charge in [-0.3, -0.25) is 15.1 Å². The number of likely N-dealkylation sites (tertiary alicyclic amines) is 1. The summed E-state index contributed by atoms with van der Waals surface area (Å²) in [6.45, 7) is 9.19. The number of aliphatic imine (C=N–C) groups is 1. The fraction of sp³-hybridized carbons (Fsp3) is 0.250. The molecule has 0 saturated carbocycles. The number of hydrogen-bond donors (Lipinski definition) is 2. The molecule has 0 amide bonds. The topological polar surface area (TPSA) is 85.9 Å². The summed E-state index contributed by atoms with van der Waals surface area (Å²) in [5.74, 6) is 0.405. The molecule has 0 atom stereocenters. The quantitative estimate of drug-likeness (QED) is 0.159. The predicted molar refractivity (Wildman–Crippen MR) is 161 cm³/mol. The Balaban J connectivity index is 1.34. The summed E-state index contributed by atoms with van der Waals surface area (Å²) in [7, 11) is 0. The molecule has 6 rings (SSSR count). The molecule has 0 bridgehead atoms. The molecule has 1 aliphatic heterocycles. The number of aromatic amines is 2. The molecule has 202 valence electrons. The monoisotopic (exact) mass is 533 g/mol. The van der Waals surface area contributed by atoms with E-state index in [1.807, 2.05) is 31.2 Å². The average molecular weight is 534 g/mol. The van der Waals surface area contributed by atoms with Crippen LogP contribution in [0.15, 0.2) is 72.5 Å². The number of halogens is 1. The average Bonchev–Trinajstić information content (AvgIpc) is 3.72. The van der Waals surface area contributed by atoms with Crippen molar-refractivity contribution in [2.45, 2.75) is 32.6 Å². The van der Waals surface area contributed by atoms with Gasteiger partial charge < -0.3 is 9.88 Å². The zero-order valence-corrected chi connectivity index (χ0v) is 22.6. The molecule has 5 aromatic rings. The number of pyridine rings is 1. The lowest BCUT2D eigenvalue weighted by Gasteiger charge is -2.14. The Labute approximate surface area is 232 Å². The highest BCUT2D eigenvalue weighted by Gasteiger charge is 2.17. The Kier molecular flexibility index (Phi) is 7.33. The van der Waals surface area contributed by atoms with E-state index in [0.717, 1.165) is 69.3 Å². The zero-order chi connectivity index (χ0) is 27.5. The van der Waals surface area contributed by atoms with Crippen LogP contribution in [0.2, 0.25) is 0 Å². The lowest BCUT2D eigenvalue weighted by atomic mass is 9.99. The van der Waals surface area contributed by atoms with Crippen LogP contribution in [-0.2, 0) is 6.42 Å². The molecule has 1 fully saturated rings. The van der Waals surface area contributed by atoms with Gasteiger partial charge >= 0.3 is 0 Å². The molecule has 1 aliphatic rings. The summed E-state index contributed by atoms with van der Waals surface area (Å²) < 4.78 is 14.8. The van der Waals surface area contributed by atoms with Crippen molar-refractivity contribution in [3.8, 4) is 22.6 Å². The molecular weight excluding hydrogens is 501 g/mol. The van der Waals surface area contributed by atoms with E-state index in [1.54, 1.807) is 36.8 Å². The van der Waals surface area contributed by atoms with Crippen molar-refractivity contribution >= 4 is 33.7 Å². The van der Waals surface area contributed by atoms with E-state index in [9.17, 15) is 4.39 Å². The molecule has 0 aliphatic carbocycles. The minimum Gasteiger partial charge on any atom is -0.337 e. The van der Waals surface area contributed by atoms with Crippen molar-refractivity contribution < 1.29 is 4.39 Å². The molecule has 0 unspecified atom stereocenters. The highest BCUT2D eigenvalue weighted by molar-refractivity contribution is 5.97. The Hall–Kier alpha value is -4.43. The maximum atomic E-state index is 14.8. The third-order valence-electron chi connectivity index (χ3n) is 7.47. The second-order valence-corrected chi connectivity index (χ2v) is 10.2. The number of rotatable bonds is 9. The number of aryl methyl sites for hydroxylation is 1. The molecule has 4 heterocycles. The molecule has 2 N–H and O–H groups in total. The summed E-state index contributed by atoms with van der Waals surface area (Å²) in [4.78, 5) is 19.6. The minimum atomic E-state index is -0.224. The van der Waals surface area contributed by atoms with E-state index in [4.69, 9.17) is 4.98 Å². The van der Waals surface area contributed by atoms with Gasteiger partial charge in [0.1, 0.15) is 11.5 Å². The summed E-state index contributed by atoms with van der Waals surface area (Å²) in [6, 6.07) is 13.3. The number of para-hydroxylation sites is 1.